The van der Waals surface area contributed by atoms with Crippen molar-refractivity contribution in [3.05, 3.63) is 59.7 Å². The zero-order valence-corrected chi connectivity index (χ0v) is 27.4. The number of aryl methyl sites for hydroxylation is 1. The molecule has 7 heteroatoms. The van der Waals surface area contributed by atoms with Crippen LogP contribution in [-0.2, 0) is 11.8 Å². The first-order valence-electron chi connectivity index (χ1n) is 15.6. The molecule has 6 nitrogen and oxygen atoms in total. The van der Waals surface area contributed by atoms with Gasteiger partial charge in [0.15, 0.2) is 0 Å². The summed E-state index contributed by atoms with van der Waals surface area (Å²) in [6.45, 7) is 2.27. The Balaban J connectivity index is 0.00000840. The first-order chi connectivity index (χ1) is 19.6. The molecule has 42 heavy (non-hydrogen) atoms. The quantitative estimate of drug-likeness (QED) is 0.0991. The molecule has 0 bridgehead atoms. The van der Waals surface area contributed by atoms with Gasteiger partial charge in [-0.1, -0.05) is 95.4 Å². The fourth-order valence-corrected chi connectivity index (χ4v) is 5.65. The Morgan fingerprint density at radius 2 is 1.36 bits per heavy atom. The monoisotopic (exact) mass is 601 g/mol. The molecule has 0 aliphatic carbocycles. The third kappa shape index (κ3) is 14.5. The van der Waals surface area contributed by atoms with Crippen LogP contribution in [0.5, 0.6) is 11.5 Å². The van der Waals surface area contributed by atoms with Gasteiger partial charge in [-0.15, -0.1) is 12.4 Å². The molecular weight excluding hydrogens is 546 g/mol. The van der Waals surface area contributed by atoms with E-state index in [1.54, 1.807) is 21.3 Å². The van der Waals surface area contributed by atoms with E-state index < -0.39 is 5.41 Å². The summed E-state index contributed by atoms with van der Waals surface area (Å²) in [6.07, 6.45) is 18.4. The predicted octanol–water partition coefficient (Wildman–Crippen LogP) is 9.63. The first kappa shape index (κ1) is 39.4. The molecule has 0 aliphatic heterocycles. The second-order valence-electron chi connectivity index (χ2n) is 11.1. The van der Waals surface area contributed by atoms with Crippen LogP contribution in [0.2, 0.25) is 0 Å². The van der Waals surface area contributed by atoms with E-state index in [0.717, 1.165) is 62.0 Å². The summed E-state index contributed by atoms with van der Waals surface area (Å²) in [4.78, 5) is 0. The number of nitrogens with zero attached hydrogens (tertiary/aromatic N) is 3. The zero-order chi connectivity index (χ0) is 28.9. The summed E-state index contributed by atoms with van der Waals surface area (Å²) in [7, 11) is 5.14. The number of methoxy groups -OCH3 is 2. The van der Waals surface area contributed by atoms with Gasteiger partial charge in [-0.25, -0.2) is 0 Å². The fraction of sp³-hybridized carbons (Fsp3) is 0.629. The molecule has 236 valence electrons. The zero-order valence-electron chi connectivity index (χ0n) is 26.6. The van der Waals surface area contributed by atoms with E-state index in [2.05, 4.69) is 47.5 Å². The summed E-state index contributed by atoms with van der Waals surface area (Å²) in [5, 5.41) is 19.2. The van der Waals surface area contributed by atoms with Gasteiger partial charge >= 0.3 is 0 Å². The van der Waals surface area contributed by atoms with Crippen molar-refractivity contribution in [1.82, 2.24) is 0 Å². The maximum absolute atomic E-state index is 10.6. The number of unbranched alkanes of at least 4 members (excludes halogenated alkanes) is 9. The maximum atomic E-state index is 10.6. The molecule has 2 N–H and O–H groups in total. The van der Waals surface area contributed by atoms with Crippen molar-refractivity contribution in [3.63, 3.8) is 0 Å². The molecule has 0 fully saturated rings. The van der Waals surface area contributed by atoms with Crippen LogP contribution in [0.4, 0.5) is 0 Å². The molecule has 2 aromatic rings. The molecule has 2 rings (SSSR count). The Morgan fingerprint density at radius 1 is 0.786 bits per heavy atom. The number of azo groups is 1. The third-order valence-electron chi connectivity index (χ3n) is 8.11. The lowest BCUT2D eigenvalue weighted by molar-refractivity contribution is 0.392. The molecule has 2 unspecified atom stereocenters. The number of ether oxygens (including phenoxy) is 2. The van der Waals surface area contributed by atoms with Crippen molar-refractivity contribution in [2.45, 2.75) is 121 Å². The van der Waals surface area contributed by atoms with Crippen LogP contribution < -0.4 is 9.47 Å². The van der Waals surface area contributed by atoms with E-state index >= 15 is 0 Å². The minimum absolute atomic E-state index is 0. The van der Waals surface area contributed by atoms with Crippen molar-refractivity contribution >= 4 is 12.4 Å². The summed E-state index contributed by atoms with van der Waals surface area (Å²) in [5.74, 6) is 1.70. The standard InChI is InChI=1S/C35H53N3O2.ClH.H2O/c1-5-6-7-8-9-10-11-12-13-14-25-35(29-36,31-19-16-22-34(28-31)40-4)26-17-20-32(38-37-2)24-23-30-18-15-21-33(27-30)39-3;;/h15-16,18-19,21-22,27-28,32H,5-14,17,20,23-26H2,1-4H3;1H;1H2/b38-37+;;. The van der Waals surface area contributed by atoms with E-state index in [0.29, 0.717) is 0 Å². The second kappa shape index (κ2) is 23.9. The lowest BCUT2D eigenvalue weighted by Crippen LogP contribution is -2.25. The number of rotatable bonds is 22. The first-order valence-corrected chi connectivity index (χ1v) is 15.6. The van der Waals surface area contributed by atoms with Crippen LogP contribution in [0.3, 0.4) is 0 Å². The molecule has 0 radical (unpaired) electrons. The average molecular weight is 602 g/mol. The highest BCUT2D eigenvalue weighted by molar-refractivity contribution is 5.85. The number of nitriles is 1. The van der Waals surface area contributed by atoms with Gasteiger partial charge in [0.05, 0.1) is 31.7 Å². The predicted molar refractivity (Wildman–Crippen MR) is 177 cm³/mol. The summed E-state index contributed by atoms with van der Waals surface area (Å²) in [6, 6.07) is 19.3. The molecule has 0 aliphatic rings. The van der Waals surface area contributed by atoms with Crippen LogP contribution >= 0.6 is 12.4 Å². The summed E-state index contributed by atoms with van der Waals surface area (Å²) < 4.78 is 10.9. The van der Waals surface area contributed by atoms with E-state index in [1.165, 1.54) is 63.4 Å². The molecule has 2 aromatic carbocycles. The highest BCUT2D eigenvalue weighted by Crippen LogP contribution is 2.37. The van der Waals surface area contributed by atoms with Crippen LogP contribution in [-0.4, -0.2) is 32.8 Å². The summed E-state index contributed by atoms with van der Waals surface area (Å²) in [5.41, 5.74) is 1.82. The third-order valence-corrected chi connectivity index (χ3v) is 8.11. The van der Waals surface area contributed by atoms with Gasteiger partial charge in [-0.2, -0.15) is 15.5 Å². The number of halogens is 1. The van der Waals surface area contributed by atoms with E-state index in [-0.39, 0.29) is 23.9 Å². The second-order valence-corrected chi connectivity index (χ2v) is 11.1. The minimum atomic E-state index is -0.505. The van der Waals surface area contributed by atoms with Gasteiger partial charge in [0.1, 0.15) is 11.5 Å². The topological polar surface area (TPSA) is 98.5 Å². The SMILES string of the molecule is CCCCCCCCCCCCC(C#N)(CCCC(CCc1cccc(OC)c1)/N=N/C)c1cccc(OC)c1.Cl.O. The Kier molecular flexibility index (Phi) is 22.4. The average Bonchev–Trinajstić information content (AvgIpc) is 3.00. The van der Waals surface area contributed by atoms with Crippen molar-refractivity contribution in [3.8, 4) is 17.6 Å². The lowest BCUT2D eigenvalue weighted by Gasteiger charge is -2.28. The van der Waals surface area contributed by atoms with Crippen molar-refractivity contribution in [2.24, 2.45) is 10.2 Å². The molecule has 0 spiro atoms. The Morgan fingerprint density at radius 3 is 1.95 bits per heavy atom. The van der Waals surface area contributed by atoms with Crippen LogP contribution in [0.25, 0.3) is 0 Å². The Hall–Kier alpha value is -2.62. The number of hydrogen-bond donors (Lipinski definition) is 0. The highest BCUT2D eigenvalue weighted by Gasteiger charge is 2.32. The van der Waals surface area contributed by atoms with Gasteiger partial charge in [-0.05, 0) is 73.9 Å². The highest BCUT2D eigenvalue weighted by atomic mass is 35.5. The van der Waals surface area contributed by atoms with Crippen molar-refractivity contribution in [2.75, 3.05) is 21.3 Å². The largest absolute Gasteiger partial charge is 0.497 e. The van der Waals surface area contributed by atoms with E-state index in [9.17, 15) is 5.26 Å². The molecule has 0 amide bonds. The van der Waals surface area contributed by atoms with Gasteiger partial charge in [0.25, 0.3) is 0 Å². The molecule has 0 aromatic heterocycles. The number of hydrogen-bond acceptors (Lipinski definition) is 5. The smallest absolute Gasteiger partial charge is 0.119 e. The van der Waals surface area contributed by atoms with Crippen LogP contribution in [0.15, 0.2) is 58.8 Å². The Bertz CT molecular complexity index is 1030. The molecular formula is C35H56ClN3O3. The molecule has 2 atom stereocenters. The van der Waals surface area contributed by atoms with E-state index in [1.807, 2.05) is 24.3 Å². The van der Waals surface area contributed by atoms with Gasteiger partial charge in [0, 0.05) is 7.05 Å². The molecule has 0 saturated heterocycles. The van der Waals surface area contributed by atoms with Crippen molar-refractivity contribution in [1.29, 1.82) is 5.26 Å². The van der Waals surface area contributed by atoms with Crippen molar-refractivity contribution < 1.29 is 14.9 Å². The van der Waals surface area contributed by atoms with Gasteiger partial charge in [-0.3, -0.25) is 0 Å². The summed E-state index contributed by atoms with van der Waals surface area (Å²) >= 11 is 0. The maximum Gasteiger partial charge on any atom is 0.119 e. The normalized spacial score (nSPS) is 12.9. The van der Waals surface area contributed by atoms with Crippen LogP contribution in [0.1, 0.15) is 114 Å². The van der Waals surface area contributed by atoms with Gasteiger partial charge < -0.3 is 14.9 Å². The fourth-order valence-electron chi connectivity index (χ4n) is 5.65. The Labute approximate surface area is 262 Å². The molecule has 0 saturated carbocycles. The van der Waals surface area contributed by atoms with E-state index in [4.69, 9.17) is 9.47 Å². The minimum Gasteiger partial charge on any atom is -0.497 e. The number of benzene rings is 2. The van der Waals surface area contributed by atoms with Gasteiger partial charge in [0.2, 0.25) is 0 Å². The lowest BCUT2D eigenvalue weighted by atomic mass is 9.73. The van der Waals surface area contributed by atoms with Crippen LogP contribution in [0, 0.1) is 11.3 Å². The molecule has 0 heterocycles.